The van der Waals surface area contributed by atoms with Crippen molar-refractivity contribution in [2.45, 2.75) is 18.9 Å². The van der Waals surface area contributed by atoms with E-state index < -0.39 is 0 Å². The summed E-state index contributed by atoms with van der Waals surface area (Å²) in [5, 5.41) is 1.19. The average Bonchev–Trinajstić information content (AvgIpc) is 2.68. The lowest BCUT2D eigenvalue weighted by Gasteiger charge is -2.09. The molecule has 0 aliphatic rings. The summed E-state index contributed by atoms with van der Waals surface area (Å²) in [7, 11) is 0. The van der Waals surface area contributed by atoms with Crippen LogP contribution in [0.3, 0.4) is 0 Å². The maximum Gasteiger partial charge on any atom is 0.0458 e. The molecule has 0 fully saturated rings. The summed E-state index contributed by atoms with van der Waals surface area (Å²) in [5.41, 5.74) is 13.9. The molecular formula is C12H17BrClN3. The SMILES string of the molecule is Cl.NCCC[C@@H](N)c1c[nH]c2ccc(Br)cc12. The van der Waals surface area contributed by atoms with E-state index in [1.165, 1.54) is 10.9 Å². The van der Waals surface area contributed by atoms with Crippen LogP contribution >= 0.6 is 28.3 Å². The molecule has 2 rings (SSSR count). The molecule has 0 radical (unpaired) electrons. The van der Waals surface area contributed by atoms with Crippen molar-refractivity contribution < 1.29 is 0 Å². The number of hydrogen-bond acceptors (Lipinski definition) is 2. The third-order valence-electron chi connectivity index (χ3n) is 2.79. The van der Waals surface area contributed by atoms with Gasteiger partial charge in [-0.3, -0.25) is 0 Å². The maximum atomic E-state index is 6.15. The molecule has 94 valence electrons. The number of H-pyrrole nitrogens is 1. The van der Waals surface area contributed by atoms with E-state index >= 15 is 0 Å². The van der Waals surface area contributed by atoms with Gasteiger partial charge < -0.3 is 16.5 Å². The van der Waals surface area contributed by atoms with Crippen LogP contribution in [-0.2, 0) is 0 Å². The molecule has 1 heterocycles. The number of benzene rings is 1. The molecule has 2 aromatic rings. The maximum absolute atomic E-state index is 6.15. The Hall–Kier alpha value is -0.550. The summed E-state index contributed by atoms with van der Waals surface area (Å²) in [4.78, 5) is 3.24. The molecule has 1 aromatic carbocycles. The Bertz CT molecular complexity index is 484. The van der Waals surface area contributed by atoms with Crippen molar-refractivity contribution in [1.29, 1.82) is 0 Å². The largest absolute Gasteiger partial charge is 0.361 e. The predicted molar refractivity (Wildman–Crippen MR) is 78.5 cm³/mol. The Morgan fingerprint density at radius 3 is 2.82 bits per heavy atom. The third-order valence-corrected chi connectivity index (χ3v) is 3.29. The van der Waals surface area contributed by atoms with Crippen molar-refractivity contribution in [3.05, 3.63) is 34.4 Å². The van der Waals surface area contributed by atoms with Crippen LogP contribution in [0.5, 0.6) is 0 Å². The van der Waals surface area contributed by atoms with E-state index in [0.717, 1.165) is 22.8 Å². The fraction of sp³-hybridized carbons (Fsp3) is 0.333. The molecule has 1 atom stereocenters. The van der Waals surface area contributed by atoms with Gasteiger partial charge in [-0.15, -0.1) is 12.4 Å². The predicted octanol–water partition coefficient (Wildman–Crippen LogP) is 3.09. The lowest BCUT2D eigenvalue weighted by molar-refractivity contribution is 0.621. The van der Waals surface area contributed by atoms with Gasteiger partial charge >= 0.3 is 0 Å². The van der Waals surface area contributed by atoms with Crippen molar-refractivity contribution >= 4 is 39.2 Å². The van der Waals surface area contributed by atoms with Crippen LogP contribution in [-0.4, -0.2) is 11.5 Å². The molecule has 1 aromatic heterocycles. The summed E-state index contributed by atoms with van der Waals surface area (Å²) >= 11 is 3.48. The van der Waals surface area contributed by atoms with Gasteiger partial charge in [-0.1, -0.05) is 15.9 Å². The fourth-order valence-corrected chi connectivity index (χ4v) is 2.28. The highest BCUT2D eigenvalue weighted by molar-refractivity contribution is 9.10. The van der Waals surface area contributed by atoms with Gasteiger partial charge in [0.1, 0.15) is 0 Å². The topological polar surface area (TPSA) is 67.8 Å². The van der Waals surface area contributed by atoms with Crippen molar-refractivity contribution in [3.8, 4) is 0 Å². The van der Waals surface area contributed by atoms with Crippen molar-refractivity contribution in [1.82, 2.24) is 4.98 Å². The van der Waals surface area contributed by atoms with E-state index in [9.17, 15) is 0 Å². The van der Waals surface area contributed by atoms with Crippen LogP contribution < -0.4 is 11.5 Å². The number of aromatic amines is 1. The van der Waals surface area contributed by atoms with E-state index in [0.29, 0.717) is 6.54 Å². The molecule has 0 bridgehead atoms. The van der Waals surface area contributed by atoms with Crippen molar-refractivity contribution in [2.75, 3.05) is 6.54 Å². The van der Waals surface area contributed by atoms with Gasteiger partial charge in [0.2, 0.25) is 0 Å². The summed E-state index contributed by atoms with van der Waals surface area (Å²) < 4.78 is 1.08. The first-order valence-electron chi connectivity index (χ1n) is 5.44. The highest BCUT2D eigenvalue weighted by atomic mass is 79.9. The second-order valence-electron chi connectivity index (χ2n) is 3.97. The first kappa shape index (κ1) is 14.5. The summed E-state index contributed by atoms with van der Waals surface area (Å²) in [5.74, 6) is 0. The minimum atomic E-state index is 0. The molecule has 0 saturated carbocycles. The Kier molecular flexibility index (Phi) is 5.46. The van der Waals surface area contributed by atoms with Gasteiger partial charge in [-0.05, 0) is 43.1 Å². The van der Waals surface area contributed by atoms with Crippen molar-refractivity contribution in [2.24, 2.45) is 11.5 Å². The molecule has 0 unspecified atom stereocenters. The van der Waals surface area contributed by atoms with Gasteiger partial charge in [0.05, 0.1) is 0 Å². The lowest BCUT2D eigenvalue weighted by atomic mass is 10.0. The first-order chi connectivity index (χ1) is 7.72. The molecule has 0 amide bonds. The first-order valence-corrected chi connectivity index (χ1v) is 6.24. The van der Waals surface area contributed by atoms with E-state index in [1.807, 2.05) is 12.3 Å². The Morgan fingerprint density at radius 2 is 2.12 bits per heavy atom. The average molecular weight is 319 g/mol. The second kappa shape index (κ2) is 6.40. The number of nitrogens with one attached hydrogen (secondary N) is 1. The van der Waals surface area contributed by atoms with Crippen molar-refractivity contribution in [3.63, 3.8) is 0 Å². The van der Waals surface area contributed by atoms with Crippen LogP contribution in [0.4, 0.5) is 0 Å². The minimum absolute atomic E-state index is 0. The molecule has 5 N–H and O–H groups in total. The minimum Gasteiger partial charge on any atom is -0.361 e. The highest BCUT2D eigenvalue weighted by Crippen LogP contribution is 2.27. The zero-order valence-corrected chi connectivity index (χ0v) is 11.9. The smallest absolute Gasteiger partial charge is 0.0458 e. The number of halogens is 2. The number of aromatic nitrogens is 1. The molecule has 5 heteroatoms. The van der Waals surface area contributed by atoms with Gasteiger partial charge in [0.25, 0.3) is 0 Å². The molecular weight excluding hydrogens is 302 g/mol. The zero-order valence-electron chi connectivity index (χ0n) is 9.45. The molecule has 0 aliphatic carbocycles. The number of rotatable bonds is 4. The zero-order chi connectivity index (χ0) is 11.5. The molecule has 3 nitrogen and oxygen atoms in total. The van der Waals surface area contributed by atoms with Crippen LogP contribution in [0.15, 0.2) is 28.9 Å². The van der Waals surface area contributed by atoms with Gasteiger partial charge in [-0.2, -0.15) is 0 Å². The summed E-state index contributed by atoms with van der Waals surface area (Å²) in [6, 6.07) is 6.24. The number of nitrogens with two attached hydrogens (primary N) is 2. The van der Waals surface area contributed by atoms with Crippen LogP contribution in [0.2, 0.25) is 0 Å². The lowest BCUT2D eigenvalue weighted by Crippen LogP contribution is -2.12. The summed E-state index contributed by atoms with van der Waals surface area (Å²) in [6.45, 7) is 0.694. The number of hydrogen-bond donors (Lipinski definition) is 3. The fourth-order valence-electron chi connectivity index (χ4n) is 1.91. The van der Waals surface area contributed by atoms with Gasteiger partial charge in [0.15, 0.2) is 0 Å². The van der Waals surface area contributed by atoms with Crippen LogP contribution in [0, 0.1) is 0 Å². The van der Waals surface area contributed by atoms with E-state index in [4.69, 9.17) is 11.5 Å². The molecule has 0 aliphatic heterocycles. The summed E-state index contributed by atoms with van der Waals surface area (Å²) in [6.07, 6.45) is 3.89. The molecule has 0 spiro atoms. The van der Waals surface area contributed by atoms with Gasteiger partial charge in [-0.25, -0.2) is 0 Å². The Labute approximate surface area is 115 Å². The Balaban J connectivity index is 0.00000144. The normalized spacial score (nSPS) is 12.4. The quantitative estimate of drug-likeness (QED) is 0.811. The molecule has 0 saturated heterocycles. The van der Waals surface area contributed by atoms with Gasteiger partial charge in [0, 0.05) is 27.6 Å². The highest BCUT2D eigenvalue weighted by Gasteiger charge is 2.11. The third kappa shape index (κ3) is 3.22. The van der Waals surface area contributed by atoms with E-state index in [2.05, 4.69) is 33.0 Å². The van der Waals surface area contributed by atoms with Crippen LogP contribution in [0.25, 0.3) is 10.9 Å². The number of fused-ring (bicyclic) bond motifs is 1. The van der Waals surface area contributed by atoms with E-state index in [-0.39, 0.29) is 18.4 Å². The molecule has 17 heavy (non-hydrogen) atoms. The standard InChI is InChI=1S/C12H16BrN3.ClH/c13-8-3-4-12-9(6-8)10(7-16-12)11(15)2-1-5-14;/h3-4,6-7,11,16H,1-2,5,14-15H2;1H/t11-;/m1./s1. The van der Waals surface area contributed by atoms with E-state index in [1.54, 1.807) is 0 Å². The monoisotopic (exact) mass is 317 g/mol. The Morgan fingerprint density at radius 1 is 1.35 bits per heavy atom. The van der Waals surface area contributed by atoms with Crippen LogP contribution in [0.1, 0.15) is 24.4 Å². The second-order valence-corrected chi connectivity index (χ2v) is 4.89.